The molecule has 110 valence electrons. The minimum absolute atomic E-state index is 0.0130. The fourth-order valence-electron chi connectivity index (χ4n) is 6.40. The minimum Gasteiger partial charge on any atom is -0.389 e. The highest BCUT2D eigenvalue weighted by atomic mass is 16.3. The summed E-state index contributed by atoms with van der Waals surface area (Å²) in [6.07, 6.45) is 5.29. The Morgan fingerprint density at radius 2 is 1.53 bits per heavy atom. The zero-order chi connectivity index (χ0) is 14.2. The summed E-state index contributed by atoms with van der Waals surface area (Å²) in [4.78, 5) is 0. The molecule has 0 spiro atoms. The van der Waals surface area contributed by atoms with Gasteiger partial charge in [-0.2, -0.15) is 0 Å². The van der Waals surface area contributed by atoms with Gasteiger partial charge in [-0.1, -0.05) is 41.5 Å². The molecule has 0 aliphatic heterocycles. The molecule has 0 radical (unpaired) electrons. The maximum atomic E-state index is 11.7. The highest BCUT2D eigenvalue weighted by Gasteiger charge is 2.65. The fraction of sp³-hybridized carbons (Fsp3) is 1.00. The molecule has 19 heavy (non-hydrogen) atoms. The summed E-state index contributed by atoms with van der Waals surface area (Å²) in [6.45, 7) is 14.0. The number of aliphatic hydroxyl groups is 1. The van der Waals surface area contributed by atoms with Crippen molar-refractivity contribution in [3.05, 3.63) is 0 Å². The van der Waals surface area contributed by atoms with Crippen LogP contribution >= 0.6 is 0 Å². The predicted octanol–water partition coefficient (Wildman–Crippen LogP) is 4.49. The Bertz CT molecular complexity index is 372. The zero-order valence-corrected chi connectivity index (χ0v) is 13.7. The monoisotopic (exact) mass is 264 g/mol. The van der Waals surface area contributed by atoms with E-state index in [-0.39, 0.29) is 5.41 Å². The first-order chi connectivity index (χ1) is 8.55. The zero-order valence-electron chi connectivity index (χ0n) is 13.7. The van der Waals surface area contributed by atoms with Crippen molar-refractivity contribution in [2.75, 3.05) is 0 Å². The molecule has 4 aliphatic rings. The molecule has 1 heteroatoms. The standard InChI is InChI=1S/C18H32O/c1-16(2,3)15-12-7-11-8-13(10-12)18(19,14(15)9-11)17(4,5)6/h11-15,19H,7-10H2,1-6H3/t11-,12+,13-,14+,15-,18+/m0/s1. The molecule has 4 aliphatic carbocycles. The van der Waals surface area contributed by atoms with E-state index in [1.807, 2.05) is 0 Å². The Balaban J connectivity index is 2.05. The molecular formula is C18H32O. The molecule has 4 bridgehead atoms. The predicted molar refractivity (Wildman–Crippen MR) is 79.8 cm³/mol. The van der Waals surface area contributed by atoms with E-state index < -0.39 is 5.60 Å². The van der Waals surface area contributed by atoms with Crippen LogP contribution in [0.25, 0.3) is 0 Å². The van der Waals surface area contributed by atoms with Gasteiger partial charge in [-0.05, 0) is 66.1 Å². The van der Waals surface area contributed by atoms with Crippen LogP contribution in [-0.4, -0.2) is 10.7 Å². The second kappa shape index (κ2) is 3.78. The highest BCUT2D eigenvalue weighted by molar-refractivity contribution is 5.15. The lowest BCUT2D eigenvalue weighted by Gasteiger charge is -2.68. The van der Waals surface area contributed by atoms with Gasteiger partial charge in [-0.25, -0.2) is 0 Å². The van der Waals surface area contributed by atoms with Gasteiger partial charge in [0.25, 0.3) is 0 Å². The lowest BCUT2D eigenvalue weighted by Crippen LogP contribution is -2.68. The smallest absolute Gasteiger partial charge is 0.0754 e. The summed E-state index contributed by atoms with van der Waals surface area (Å²) in [6, 6.07) is 0. The summed E-state index contributed by atoms with van der Waals surface area (Å²) in [7, 11) is 0. The topological polar surface area (TPSA) is 20.2 Å². The minimum atomic E-state index is -0.432. The Morgan fingerprint density at radius 1 is 0.895 bits per heavy atom. The van der Waals surface area contributed by atoms with Crippen molar-refractivity contribution in [1.29, 1.82) is 0 Å². The Hall–Kier alpha value is -0.0400. The van der Waals surface area contributed by atoms with Gasteiger partial charge in [0.15, 0.2) is 0 Å². The molecule has 4 saturated carbocycles. The van der Waals surface area contributed by atoms with Crippen molar-refractivity contribution < 1.29 is 5.11 Å². The van der Waals surface area contributed by atoms with Crippen molar-refractivity contribution in [1.82, 2.24) is 0 Å². The van der Waals surface area contributed by atoms with Crippen LogP contribution in [0, 0.1) is 40.4 Å². The molecule has 1 nitrogen and oxygen atoms in total. The molecule has 4 fully saturated rings. The number of hydrogen-bond acceptors (Lipinski definition) is 1. The van der Waals surface area contributed by atoms with Gasteiger partial charge in [-0.3, -0.25) is 0 Å². The molecule has 0 saturated heterocycles. The van der Waals surface area contributed by atoms with Gasteiger partial charge in [0, 0.05) is 0 Å². The van der Waals surface area contributed by atoms with E-state index in [0.29, 0.717) is 23.2 Å². The van der Waals surface area contributed by atoms with Crippen LogP contribution in [-0.2, 0) is 0 Å². The van der Waals surface area contributed by atoms with Crippen molar-refractivity contribution >= 4 is 0 Å². The molecule has 0 amide bonds. The van der Waals surface area contributed by atoms with E-state index in [1.165, 1.54) is 25.7 Å². The van der Waals surface area contributed by atoms with Gasteiger partial charge in [0.1, 0.15) is 0 Å². The Morgan fingerprint density at radius 3 is 2.05 bits per heavy atom. The molecule has 0 aromatic rings. The molecule has 0 aromatic carbocycles. The average Bonchev–Trinajstić information content (AvgIpc) is 2.20. The Labute approximate surface area is 119 Å². The SMILES string of the molecule is CC(C)(C)[C@H]1[C@@H]2C[C@H]3C[C@@H](C2)[C@](O)(C(C)(C)C)[C@@H]1C3. The quantitative estimate of drug-likeness (QED) is 0.683. The molecule has 0 unspecified atom stereocenters. The van der Waals surface area contributed by atoms with E-state index in [1.54, 1.807) is 0 Å². The molecule has 4 rings (SSSR count). The van der Waals surface area contributed by atoms with Crippen LogP contribution < -0.4 is 0 Å². The third kappa shape index (κ3) is 1.76. The van der Waals surface area contributed by atoms with Crippen LogP contribution in [0.4, 0.5) is 0 Å². The fourth-order valence-corrected chi connectivity index (χ4v) is 6.40. The van der Waals surface area contributed by atoms with Crippen LogP contribution in [0.3, 0.4) is 0 Å². The van der Waals surface area contributed by atoms with Gasteiger partial charge in [-0.15, -0.1) is 0 Å². The first-order valence-corrected chi connectivity index (χ1v) is 8.27. The molecular weight excluding hydrogens is 232 g/mol. The van der Waals surface area contributed by atoms with Crippen molar-refractivity contribution in [3.63, 3.8) is 0 Å². The van der Waals surface area contributed by atoms with E-state index in [9.17, 15) is 5.11 Å². The summed E-state index contributed by atoms with van der Waals surface area (Å²) in [5.41, 5.74) is -0.0840. The summed E-state index contributed by atoms with van der Waals surface area (Å²) in [5, 5.41) is 11.7. The van der Waals surface area contributed by atoms with Gasteiger partial charge in [0.05, 0.1) is 5.60 Å². The van der Waals surface area contributed by atoms with Crippen molar-refractivity contribution in [2.24, 2.45) is 40.4 Å². The van der Waals surface area contributed by atoms with Crippen LogP contribution in [0.5, 0.6) is 0 Å². The summed E-state index contributed by atoms with van der Waals surface area (Å²) in [5.74, 6) is 3.60. The first kappa shape index (κ1) is 13.9. The van der Waals surface area contributed by atoms with E-state index in [4.69, 9.17) is 0 Å². The normalized spacial score (nSPS) is 49.7. The van der Waals surface area contributed by atoms with E-state index in [0.717, 1.165) is 11.8 Å². The molecule has 6 atom stereocenters. The lowest BCUT2D eigenvalue weighted by molar-refractivity contribution is -0.259. The van der Waals surface area contributed by atoms with Crippen LogP contribution in [0.15, 0.2) is 0 Å². The van der Waals surface area contributed by atoms with Crippen LogP contribution in [0.1, 0.15) is 67.2 Å². The molecule has 1 N–H and O–H groups in total. The highest BCUT2D eigenvalue weighted by Crippen LogP contribution is 2.67. The first-order valence-electron chi connectivity index (χ1n) is 8.27. The van der Waals surface area contributed by atoms with Gasteiger partial charge >= 0.3 is 0 Å². The number of hydrogen-bond donors (Lipinski definition) is 1. The molecule has 0 heterocycles. The van der Waals surface area contributed by atoms with E-state index in [2.05, 4.69) is 41.5 Å². The van der Waals surface area contributed by atoms with Crippen LogP contribution in [0.2, 0.25) is 0 Å². The third-order valence-electron chi connectivity index (χ3n) is 6.76. The second-order valence-electron chi connectivity index (χ2n) is 9.84. The van der Waals surface area contributed by atoms with Gasteiger partial charge in [0.2, 0.25) is 0 Å². The summed E-state index contributed by atoms with van der Waals surface area (Å²) < 4.78 is 0. The second-order valence-corrected chi connectivity index (χ2v) is 9.84. The maximum Gasteiger partial charge on any atom is 0.0754 e. The Kier molecular flexibility index (Phi) is 2.77. The lowest BCUT2D eigenvalue weighted by atomic mass is 9.39. The third-order valence-corrected chi connectivity index (χ3v) is 6.76. The van der Waals surface area contributed by atoms with Crippen molar-refractivity contribution in [3.8, 4) is 0 Å². The largest absolute Gasteiger partial charge is 0.389 e. The average molecular weight is 264 g/mol. The number of rotatable bonds is 0. The maximum absolute atomic E-state index is 11.7. The van der Waals surface area contributed by atoms with Gasteiger partial charge < -0.3 is 5.11 Å². The molecule has 0 aromatic heterocycles. The summed E-state index contributed by atoms with van der Waals surface area (Å²) >= 11 is 0. The van der Waals surface area contributed by atoms with Crippen molar-refractivity contribution in [2.45, 2.75) is 72.8 Å². The van der Waals surface area contributed by atoms with E-state index >= 15 is 0 Å².